The highest BCUT2D eigenvalue weighted by atomic mass is 19.1. The van der Waals surface area contributed by atoms with Crippen molar-refractivity contribution in [3.05, 3.63) is 42.1 Å². The molecule has 3 nitrogen and oxygen atoms in total. The second kappa shape index (κ2) is 3.65. The van der Waals surface area contributed by atoms with E-state index in [1.165, 1.54) is 12.1 Å². The Hall–Kier alpha value is -1.97. The number of hydrogen-bond acceptors (Lipinski definition) is 2. The van der Waals surface area contributed by atoms with Crippen LogP contribution in [0.3, 0.4) is 0 Å². The minimum Gasteiger partial charge on any atom is -0.334 e. The molecule has 0 radical (unpaired) electrons. The quantitative estimate of drug-likeness (QED) is 0.701. The molecule has 0 spiro atoms. The number of carbonyl (C=O) groups excluding carboxylic acids is 1. The molecule has 2 aromatic rings. The topological polar surface area (TPSA) is 34.9 Å². The van der Waals surface area contributed by atoms with Gasteiger partial charge in [-0.15, -0.1) is 0 Å². The fourth-order valence-electron chi connectivity index (χ4n) is 1.48. The van der Waals surface area contributed by atoms with Crippen molar-refractivity contribution in [2.45, 2.75) is 0 Å². The van der Waals surface area contributed by atoms with Gasteiger partial charge in [-0.1, -0.05) is 0 Å². The second-order valence-electron chi connectivity index (χ2n) is 3.24. The van der Waals surface area contributed by atoms with Crippen molar-refractivity contribution in [1.82, 2.24) is 9.55 Å². The zero-order valence-corrected chi connectivity index (χ0v) is 8.14. The van der Waals surface area contributed by atoms with Crippen molar-refractivity contribution in [1.29, 1.82) is 0 Å². The van der Waals surface area contributed by atoms with Gasteiger partial charge >= 0.3 is 0 Å². The number of rotatable bonds is 2. The Morgan fingerprint density at radius 3 is 2.87 bits per heavy atom. The van der Waals surface area contributed by atoms with Gasteiger partial charge in [0.15, 0.2) is 6.29 Å². The molecule has 0 fully saturated rings. The van der Waals surface area contributed by atoms with Gasteiger partial charge in [-0.05, 0) is 18.2 Å². The van der Waals surface area contributed by atoms with Crippen LogP contribution in [0, 0.1) is 5.82 Å². The fraction of sp³-hybridized carbons (Fsp3) is 0.0909. The lowest BCUT2D eigenvalue weighted by molar-refractivity contribution is 0.112. The van der Waals surface area contributed by atoms with Crippen molar-refractivity contribution < 1.29 is 9.18 Å². The molecule has 15 heavy (non-hydrogen) atoms. The van der Waals surface area contributed by atoms with Gasteiger partial charge in [0.1, 0.15) is 5.82 Å². The molecule has 1 aromatic carbocycles. The third kappa shape index (κ3) is 1.66. The molecular formula is C11H9FN2O. The van der Waals surface area contributed by atoms with E-state index in [9.17, 15) is 9.18 Å². The number of aryl methyl sites for hydroxylation is 1. The third-order valence-electron chi connectivity index (χ3n) is 2.23. The Morgan fingerprint density at radius 1 is 1.47 bits per heavy atom. The van der Waals surface area contributed by atoms with E-state index in [0.717, 1.165) is 5.69 Å². The predicted molar refractivity (Wildman–Crippen MR) is 54.0 cm³/mol. The summed E-state index contributed by atoms with van der Waals surface area (Å²) in [6, 6.07) is 4.13. The SMILES string of the molecule is Cn1cncc1-c1ccc(F)cc1C=O. The molecule has 0 unspecified atom stereocenters. The van der Waals surface area contributed by atoms with Gasteiger partial charge < -0.3 is 4.57 Å². The number of imidazole rings is 1. The minimum absolute atomic E-state index is 0.332. The summed E-state index contributed by atoms with van der Waals surface area (Å²) in [7, 11) is 1.82. The summed E-state index contributed by atoms with van der Waals surface area (Å²) >= 11 is 0. The molecule has 0 amide bonds. The van der Waals surface area contributed by atoms with Gasteiger partial charge in [0.05, 0.1) is 18.2 Å². The Balaban J connectivity index is 2.63. The summed E-state index contributed by atoms with van der Waals surface area (Å²) in [6.07, 6.45) is 3.92. The lowest BCUT2D eigenvalue weighted by Crippen LogP contribution is -1.94. The smallest absolute Gasteiger partial charge is 0.150 e. The van der Waals surface area contributed by atoms with E-state index in [-0.39, 0.29) is 0 Å². The molecule has 0 aliphatic carbocycles. The zero-order valence-electron chi connectivity index (χ0n) is 8.14. The van der Waals surface area contributed by atoms with Crippen molar-refractivity contribution >= 4 is 6.29 Å². The van der Waals surface area contributed by atoms with E-state index in [1.54, 1.807) is 23.2 Å². The van der Waals surface area contributed by atoms with Crippen LogP contribution in [0.5, 0.6) is 0 Å². The summed E-state index contributed by atoms with van der Waals surface area (Å²) in [6.45, 7) is 0. The van der Waals surface area contributed by atoms with Crippen molar-refractivity contribution in [3.8, 4) is 11.3 Å². The molecule has 0 bridgehead atoms. The second-order valence-corrected chi connectivity index (χ2v) is 3.24. The Labute approximate surface area is 86.2 Å². The zero-order chi connectivity index (χ0) is 10.8. The first-order chi connectivity index (χ1) is 7.22. The molecule has 0 N–H and O–H groups in total. The third-order valence-corrected chi connectivity index (χ3v) is 2.23. The summed E-state index contributed by atoms with van der Waals surface area (Å²) in [5.41, 5.74) is 1.81. The Bertz CT molecular complexity index is 505. The van der Waals surface area contributed by atoms with Crippen LogP contribution in [0.1, 0.15) is 10.4 Å². The van der Waals surface area contributed by atoms with Crippen LogP contribution in [-0.2, 0) is 7.05 Å². The fourth-order valence-corrected chi connectivity index (χ4v) is 1.48. The van der Waals surface area contributed by atoms with E-state index in [1.807, 2.05) is 7.05 Å². The molecule has 4 heteroatoms. The van der Waals surface area contributed by atoms with Gasteiger partial charge in [-0.3, -0.25) is 4.79 Å². The molecule has 0 saturated heterocycles. The van der Waals surface area contributed by atoms with E-state index in [4.69, 9.17) is 0 Å². The summed E-state index contributed by atoms with van der Waals surface area (Å²) < 4.78 is 14.7. The monoisotopic (exact) mass is 204 g/mol. The standard InChI is InChI=1S/C11H9FN2O/c1-14-7-13-5-11(14)10-3-2-9(12)4-8(10)6-15/h2-7H,1H3. The number of halogens is 1. The minimum atomic E-state index is -0.414. The molecular weight excluding hydrogens is 195 g/mol. The van der Waals surface area contributed by atoms with Crippen LogP contribution in [0.2, 0.25) is 0 Å². The van der Waals surface area contributed by atoms with Crippen LogP contribution >= 0.6 is 0 Å². The molecule has 0 atom stereocenters. The first kappa shape index (κ1) is 9.58. The molecule has 0 saturated carbocycles. The first-order valence-corrected chi connectivity index (χ1v) is 4.44. The van der Waals surface area contributed by atoms with E-state index >= 15 is 0 Å². The lowest BCUT2D eigenvalue weighted by Gasteiger charge is -2.05. The van der Waals surface area contributed by atoms with Crippen molar-refractivity contribution in [2.75, 3.05) is 0 Å². The number of hydrogen-bond donors (Lipinski definition) is 0. The highest BCUT2D eigenvalue weighted by molar-refractivity contribution is 5.86. The van der Waals surface area contributed by atoms with Crippen LogP contribution < -0.4 is 0 Å². The average Bonchev–Trinajstić information content (AvgIpc) is 2.64. The molecule has 76 valence electrons. The number of aldehydes is 1. The number of carbonyl (C=O) groups is 1. The van der Waals surface area contributed by atoms with Crippen LogP contribution in [0.25, 0.3) is 11.3 Å². The normalized spacial score (nSPS) is 10.3. The van der Waals surface area contributed by atoms with E-state index < -0.39 is 5.82 Å². The van der Waals surface area contributed by atoms with Gasteiger partial charge in [0.25, 0.3) is 0 Å². The largest absolute Gasteiger partial charge is 0.334 e. The van der Waals surface area contributed by atoms with Crippen molar-refractivity contribution in [2.24, 2.45) is 7.05 Å². The van der Waals surface area contributed by atoms with Crippen LogP contribution in [0.4, 0.5) is 4.39 Å². The molecule has 2 rings (SSSR count). The van der Waals surface area contributed by atoms with Crippen LogP contribution in [0.15, 0.2) is 30.7 Å². The number of nitrogens with zero attached hydrogens (tertiary/aromatic N) is 2. The van der Waals surface area contributed by atoms with Gasteiger partial charge in [-0.25, -0.2) is 9.37 Å². The molecule has 0 aliphatic heterocycles. The highest BCUT2D eigenvalue weighted by Gasteiger charge is 2.08. The summed E-state index contributed by atoms with van der Waals surface area (Å²) in [4.78, 5) is 14.7. The van der Waals surface area contributed by atoms with Gasteiger partial charge in [0.2, 0.25) is 0 Å². The maximum atomic E-state index is 12.9. The molecule has 1 heterocycles. The number of aromatic nitrogens is 2. The van der Waals surface area contributed by atoms with Gasteiger partial charge in [-0.2, -0.15) is 0 Å². The summed E-state index contributed by atoms with van der Waals surface area (Å²) in [5.74, 6) is -0.414. The van der Waals surface area contributed by atoms with Crippen LogP contribution in [-0.4, -0.2) is 15.8 Å². The highest BCUT2D eigenvalue weighted by Crippen LogP contribution is 2.22. The van der Waals surface area contributed by atoms with Crippen molar-refractivity contribution in [3.63, 3.8) is 0 Å². The number of benzene rings is 1. The lowest BCUT2D eigenvalue weighted by atomic mass is 10.1. The first-order valence-electron chi connectivity index (χ1n) is 4.44. The van der Waals surface area contributed by atoms with E-state index in [2.05, 4.69) is 4.98 Å². The average molecular weight is 204 g/mol. The summed E-state index contributed by atoms with van der Waals surface area (Å²) in [5, 5.41) is 0. The Morgan fingerprint density at radius 2 is 2.27 bits per heavy atom. The maximum absolute atomic E-state index is 12.9. The predicted octanol–water partition coefficient (Wildman–Crippen LogP) is 2.04. The Kier molecular flexibility index (Phi) is 2.33. The van der Waals surface area contributed by atoms with E-state index in [0.29, 0.717) is 17.4 Å². The maximum Gasteiger partial charge on any atom is 0.150 e. The van der Waals surface area contributed by atoms with Gasteiger partial charge in [0, 0.05) is 18.2 Å². The molecule has 1 aromatic heterocycles. The molecule has 0 aliphatic rings.